The summed E-state index contributed by atoms with van der Waals surface area (Å²) in [4.78, 5) is 11.5. The van der Waals surface area contributed by atoms with E-state index in [1.807, 2.05) is 0 Å². The van der Waals surface area contributed by atoms with E-state index in [1.165, 1.54) is 22.9 Å². The van der Waals surface area contributed by atoms with Crippen molar-refractivity contribution in [1.29, 1.82) is 5.26 Å². The average molecular weight is 383 g/mol. The van der Waals surface area contributed by atoms with Crippen LogP contribution in [0.15, 0.2) is 18.2 Å². The summed E-state index contributed by atoms with van der Waals surface area (Å²) < 4.78 is 41.2. The Hall–Kier alpha value is -2.53. The Bertz CT molecular complexity index is 899. The number of benzene rings is 1. The zero-order valence-electron chi connectivity index (χ0n) is 13.5. The summed E-state index contributed by atoms with van der Waals surface area (Å²) >= 11 is 6.23. The predicted octanol–water partition coefficient (Wildman–Crippen LogP) is 4.28. The number of anilines is 1. The molecule has 26 heavy (non-hydrogen) atoms. The second kappa shape index (κ2) is 7.00. The molecular formula is C17H14ClF3N4O. The second-order valence-corrected chi connectivity index (χ2v) is 6.35. The van der Waals surface area contributed by atoms with Crippen molar-refractivity contribution in [3.63, 3.8) is 0 Å². The van der Waals surface area contributed by atoms with Crippen LogP contribution in [0.1, 0.15) is 36.2 Å². The molecule has 1 amide bonds. The van der Waals surface area contributed by atoms with Crippen LogP contribution in [0.4, 0.5) is 18.9 Å². The molecular weight excluding hydrogens is 369 g/mol. The third-order valence-electron chi connectivity index (χ3n) is 4.15. The van der Waals surface area contributed by atoms with Gasteiger partial charge in [0.2, 0.25) is 5.91 Å². The van der Waals surface area contributed by atoms with Crippen molar-refractivity contribution in [3.8, 4) is 11.8 Å². The van der Waals surface area contributed by atoms with E-state index in [0.29, 0.717) is 36.3 Å². The number of nitriles is 1. The fourth-order valence-electron chi connectivity index (χ4n) is 3.06. The number of hydrogen-bond donors (Lipinski definition) is 1. The topological polar surface area (TPSA) is 70.7 Å². The lowest BCUT2D eigenvalue weighted by Crippen LogP contribution is -2.11. The number of nitrogens with zero attached hydrogens (tertiary/aromatic N) is 3. The van der Waals surface area contributed by atoms with Gasteiger partial charge in [-0.2, -0.15) is 23.5 Å². The number of amides is 1. The predicted molar refractivity (Wildman–Crippen MR) is 89.1 cm³/mol. The molecule has 0 radical (unpaired) electrons. The molecule has 0 unspecified atom stereocenters. The van der Waals surface area contributed by atoms with Gasteiger partial charge in [-0.1, -0.05) is 11.6 Å². The first-order chi connectivity index (χ1) is 12.3. The Morgan fingerprint density at radius 1 is 1.35 bits per heavy atom. The highest BCUT2D eigenvalue weighted by Crippen LogP contribution is 2.38. The maximum absolute atomic E-state index is 13.3. The average Bonchev–Trinajstić information content (AvgIpc) is 2.95. The number of halogens is 4. The van der Waals surface area contributed by atoms with Gasteiger partial charge in [0.25, 0.3) is 0 Å². The van der Waals surface area contributed by atoms with Crippen molar-refractivity contribution < 1.29 is 18.0 Å². The molecule has 0 aliphatic heterocycles. The molecule has 1 aliphatic carbocycles. The molecule has 1 aliphatic rings. The summed E-state index contributed by atoms with van der Waals surface area (Å²) in [6.07, 6.45) is -2.51. The van der Waals surface area contributed by atoms with E-state index in [2.05, 4.69) is 10.4 Å². The van der Waals surface area contributed by atoms with Crippen molar-refractivity contribution in [2.24, 2.45) is 0 Å². The quantitative estimate of drug-likeness (QED) is 0.861. The number of carbonyl (C=O) groups is 1. The molecule has 1 N–H and O–H groups in total. The lowest BCUT2D eigenvalue weighted by Gasteiger charge is -2.15. The first-order valence-corrected chi connectivity index (χ1v) is 8.33. The molecule has 1 aromatic heterocycles. The zero-order valence-corrected chi connectivity index (χ0v) is 14.3. The molecule has 1 heterocycles. The molecule has 0 bridgehead atoms. The van der Waals surface area contributed by atoms with Crippen LogP contribution in [0.3, 0.4) is 0 Å². The van der Waals surface area contributed by atoms with Crippen LogP contribution in [-0.4, -0.2) is 15.7 Å². The molecule has 0 fully saturated rings. The van der Waals surface area contributed by atoms with Crippen LogP contribution in [0.5, 0.6) is 0 Å². The summed E-state index contributed by atoms with van der Waals surface area (Å²) in [7, 11) is 0. The lowest BCUT2D eigenvalue weighted by molar-refractivity contribution is -0.142. The Labute approximate surface area is 152 Å². The highest BCUT2D eigenvalue weighted by Gasteiger charge is 2.39. The third kappa shape index (κ3) is 3.53. The molecule has 5 nitrogen and oxygen atoms in total. The smallest absolute Gasteiger partial charge is 0.325 e. The van der Waals surface area contributed by atoms with E-state index in [9.17, 15) is 18.0 Å². The van der Waals surface area contributed by atoms with Crippen LogP contribution in [0.2, 0.25) is 5.02 Å². The number of aromatic nitrogens is 2. The minimum absolute atomic E-state index is 0.157. The van der Waals surface area contributed by atoms with Gasteiger partial charge in [-0.3, -0.25) is 4.79 Å². The summed E-state index contributed by atoms with van der Waals surface area (Å²) in [6, 6.07) is 6.17. The van der Waals surface area contributed by atoms with E-state index in [-0.39, 0.29) is 17.0 Å². The first-order valence-electron chi connectivity index (χ1n) is 7.96. The zero-order chi connectivity index (χ0) is 18.9. The number of rotatable bonds is 3. The molecule has 0 spiro atoms. The summed E-state index contributed by atoms with van der Waals surface area (Å²) in [5, 5.41) is 14.9. The molecule has 1 aromatic carbocycles. The Morgan fingerprint density at radius 2 is 2.08 bits per heavy atom. The van der Waals surface area contributed by atoms with Gasteiger partial charge < -0.3 is 5.32 Å². The molecule has 0 atom stereocenters. The fraction of sp³-hybridized carbons (Fsp3) is 0.353. The molecule has 0 saturated heterocycles. The number of fused-ring (bicyclic) bond motifs is 1. The summed E-state index contributed by atoms with van der Waals surface area (Å²) in [5.41, 5.74) is 0.558. The van der Waals surface area contributed by atoms with Crippen LogP contribution < -0.4 is 5.32 Å². The number of hydrogen-bond acceptors (Lipinski definition) is 3. The van der Waals surface area contributed by atoms with Gasteiger partial charge in [-0.25, -0.2) is 4.68 Å². The van der Waals surface area contributed by atoms with Gasteiger partial charge in [0.15, 0.2) is 5.69 Å². The van der Waals surface area contributed by atoms with E-state index in [1.54, 1.807) is 6.07 Å². The van der Waals surface area contributed by atoms with Gasteiger partial charge >= 0.3 is 6.18 Å². The lowest BCUT2D eigenvalue weighted by atomic mass is 9.95. The highest BCUT2D eigenvalue weighted by molar-refractivity contribution is 6.32. The first kappa shape index (κ1) is 18.3. The van der Waals surface area contributed by atoms with Crippen LogP contribution in [-0.2, 0) is 23.8 Å². The molecule has 3 rings (SSSR count). The molecule has 9 heteroatoms. The van der Waals surface area contributed by atoms with Crippen molar-refractivity contribution >= 4 is 23.2 Å². The van der Waals surface area contributed by atoms with E-state index in [0.717, 1.165) is 6.42 Å². The molecule has 2 aromatic rings. The normalized spacial score (nSPS) is 13.8. The van der Waals surface area contributed by atoms with E-state index >= 15 is 0 Å². The van der Waals surface area contributed by atoms with Crippen LogP contribution in [0, 0.1) is 11.3 Å². The Morgan fingerprint density at radius 3 is 2.73 bits per heavy atom. The highest BCUT2D eigenvalue weighted by atomic mass is 35.5. The standard InChI is InChI=1S/C17H14ClF3N4O/c18-12-9-10(23-15(26)7-8-22)5-6-14(12)25-13-4-2-1-3-11(13)16(24-25)17(19,20)21/h5-6,9H,1-4,7H2,(H,23,26). The SMILES string of the molecule is N#CCC(=O)Nc1ccc(-n2nc(C(F)(F)F)c3c2CCCC3)c(Cl)c1. The number of nitrogens with one attached hydrogen (secondary N) is 1. The monoisotopic (exact) mass is 382 g/mol. The minimum Gasteiger partial charge on any atom is -0.325 e. The second-order valence-electron chi connectivity index (χ2n) is 5.94. The van der Waals surface area contributed by atoms with Gasteiger partial charge in [-0.15, -0.1) is 0 Å². The van der Waals surface area contributed by atoms with Crippen LogP contribution in [0.25, 0.3) is 5.69 Å². The summed E-state index contributed by atoms with van der Waals surface area (Å²) in [6.45, 7) is 0. The van der Waals surface area contributed by atoms with Crippen molar-refractivity contribution in [1.82, 2.24) is 9.78 Å². The maximum atomic E-state index is 13.3. The van der Waals surface area contributed by atoms with Crippen molar-refractivity contribution in [2.75, 3.05) is 5.32 Å². The molecule has 136 valence electrons. The van der Waals surface area contributed by atoms with Gasteiger partial charge in [0.1, 0.15) is 6.42 Å². The Kier molecular flexibility index (Phi) is 4.92. The Balaban J connectivity index is 2.01. The van der Waals surface area contributed by atoms with E-state index in [4.69, 9.17) is 16.9 Å². The van der Waals surface area contributed by atoms with Crippen molar-refractivity contribution in [3.05, 3.63) is 40.2 Å². The third-order valence-corrected chi connectivity index (χ3v) is 4.45. The van der Waals surface area contributed by atoms with Crippen molar-refractivity contribution in [2.45, 2.75) is 38.3 Å². The van der Waals surface area contributed by atoms with E-state index < -0.39 is 17.8 Å². The number of carbonyl (C=O) groups excluding carboxylic acids is 1. The van der Waals surface area contributed by atoms with Gasteiger partial charge in [0.05, 0.1) is 16.8 Å². The largest absolute Gasteiger partial charge is 0.435 e. The summed E-state index contributed by atoms with van der Waals surface area (Å²) in [5.74, 6) is -0.493. The van der Waals surface area contributed by atoms with Gasteiger partial charge in [-0.05, 0) is 43.9 Å². The van der Waals surface area contributed by atoms with Gasteiger partial charge in [0, 0.05) is 16.9 Å². The fourth-order valence-corrected chi connectivity index (χ4v) is 3.32. The number of alkyl halides is 3. The van der Waals surface area contributed by atoms with Crippen LogP contribution >= 0.6 is 11.6 Å². The maximum Gasteiger partial charge on any atom is 0.435 e. The minimum atomic E-state index is -4.52. The molecule has 0 saturated carbocycles.